The number of aliphatic hydroxyl groups is 4. The van der Waals surface area contributed by atoms with Gasteiger partial charge >= 0.3 is 0 Å². The van der Waals surface area contributed by atoms with Crippen molar-refractivity contribution < 1.29 is 34.6 Å². The number of benzene rings is 3. The van der Waals surface area contributed by atoms with Crippen molar-refractivity contribution in [2.45, 2.75) is 44.6 Å². The molecule has 5 rings (SSSR count). The molecule has 3 aromatic carbocycles. The number of H-pyrrole nitrogens is 1. The minimum atomic E-state index is -1.55. The number of aryl methyl sites for hydroxylation is 2. The Balaban J connectivity index is 1.49. The summed E-state index contributed by atoms with van der Waals surface area (Å²) in [6, 6.07) is 21.6. The minimum absolute atomic E-state index is 0.245. The smallest absolute Gasteiger partial charge is 0.229 e. The summed E-state index contributed by atoms with van der Waals surface area (Å²) < 4.78 is 16.8. The highest BCUT2D eigenvalue weighted by atomic mass is 16.7. The number of aromatic nitrogens is 2. The van der Waals surface area contributed by atoms with E-state index in [0.717, 1.165) is 39.2 Å². The van der Waals surface area contributed by atoms with Gasteiger partial charge in [0, 0.05) is 16.7 Å². The first kappa shape index (κ1) is 26.9. The topological polar surface area (TPSA) is 137 Å². The van der Waals surface area contributed by atoms with E-state index in [1.54, 1.807) is 18.2 Å². The maximum Gasteiger partial charge on any atom is 0.229 e. The van der Waals surface area contributed by atoms with Crippen molar-refractivity contribution in [1.29, 1.82) is 0 Å². The summed E-state index contributed by atoms with van der Waals surface area (Å²) in [5.41, 5.74) is 6.74. The molecule has 0 bridgehead atoms. The largest absolute Gasteiger partial charge is 0.493 e. The van der Waals surface area contributed by atoms with Crippen molar-refractivity contribution >= 4 is 0 Å². The molecule has 0 amide bonds. The molecule has 0 saturated carbocycles. The lowest BCUT2D eigenvalue weighted by Crippen LogP contribution is -2.60. The van der Waals surface area contributed by atoms with Gasteiger partial charge in [-0.25, -0.2) is 4.98 Å². The van der Waals surface area contributed by atoms with Crippen molar-refractivity contribution in [2.24, 2.45) is 0 Å². The van der Waals surface area contributed by atoms with Crippen molar-refractivity contribution in [2.75, 3.05) is 13.7 Å². The molecule has 4 aromatic rings. The minimum Gasteiger partial charge on any atom is -0.493 e. The van der Waals surface area contributed by atoms with Crippen LogP contribution in [0.15, 0.2) is 66.7 Å². The monoisotopic (exact) mass is 532 g/mol. The van der Waals surface area contributed by atoms with Crippen LogP contribution in [0.25, 0.3) is 33.9 Å². The molecule has 1 fully saturated rings. The van der Waals surface area contributed by atoms with Crippen LogP contribution >= 0.6 is 0 Å². The fraction of sp³-hybridized carbons (Fsp3) is 0.300. The SMILES string of the molecule is COc1cc(-c2nc(-c3ccc(C)cc3)c(-c3ccc(C)cc3)[nH]2)ccc1O[C@@H]1O[C@H](CO)[C@H](O)[C@H](O)[C@H]1O. The van der Waals surface area contributed by atoms with Crippen LogP contribution in [0, 0.1) is 13.8 Å². The van der Waals surface area contributed by atoms with Gasteiger partial charge in [-0.2, -0.15) is 0 Å². The standard InChI is InChI=1S/C30H32N2O7/c1-16-4-8-18(9-5-16)24-25(19-10-6-17(2)7-11-19)32-29(31-24)20-12-13-21(22(14-20)37-3)38-30-28(36)27(35)26(34)23(15-33)39-30/h4-14,23,26-28,30,33-36H,15H2,1-3H3,(H,31,32)/t23-,26+,27+,28-,30-/m1/s1. The predicted molar refractivity (Wildman–Crippen MR) is 145 cm³/mol. The molecular formula is C30H32N2O7. The third-order valence-electron chi connectivity index (χ3n) is 6.90. The van der Waals surface area contributed by atoms with Crippen molar-refractivity contribution in [3.63, 3.8) is 0 Å². The van der Waals surface area contributed by atoms with Crippen LogP contribution in [0.4, 0.5) is 0 Å². The number of aromatic amines is 1. The van der Waals surface area contributed by atoms with Crippen LogP contribution < -0.4 is 9.47 Å². The van der Waals surface area contributed by atoms with Crippen LogP contribution in [0.5, 0.6) is 11.5 Å². The molecule has 204 valence electrons. The molecule has 0 aliphatic carbocycles. The van der Waals surface area contributed by atoms with Gasteiger partial charge in [0.15, 0.2) is 11.5 Å². The van der Waals surface area contributed by atoms with E-state index in [9.17, 15) is 20.4 Å². The molecule has 39 heavy (non-hydrogen) atoms. The van der Waals surface area contributed by atoms with Gasteiger partial charge in [0.1, 0.15) is 30.2 Å². The second-order valence-electron chi connectivity index (χ2n) is 9.72. The van der Waals surface area contributed by atoms with Gasteiger partial charge in [-0.3, -0.25) is 0 Å². The number of imidazole rings is 1. The fourth-order valence-electron chi connectivity index (χ4n) is 4.56. The summed E-state index contributed by atoms with van der Waals surface area (Å²) >= 11 is 0. The lowest BCUT2D eigenvalue weighted by atomic mass is 9.99. The van der Waals surface area contributed by atoms with E-state index >= 15 is 0 Å². The van der Waals surface area contributed by atoms with Crippen LogP contribution in [-0.4, -0.2) is 74.8 Å². The fourth-order valence-corrected chi connectivity index (χ4v) is 4.56. The Morgan fingerprint density at radius 1 is 0.795 bits per heavy atom. The molecule has 5 N–H and O–H groups in total. The summed E-state index contributed by atoms with van der Waals surface area (Å²) in [4.78, 5) is 8.42. The normalized spacial score (nSPS) is 23.0. The number of aliphatic hydroxyl groups excluding tert-OH is 4. The molecule has 0 radical (unpaired) electrons. The Morgan fingerprint density at radius 2 is 1.41 bits per heavy atom. The van der Waals surface area contributed by atoms with Crippen molar-refractivity contribution in [3.05, 3.63) is 77.9 Å². The summed E-state index contributed by atoms with van der Waals surface area (Å²) in [5.74, 6) is 1.21. The van der Waals surface area contributed by atoms with Crippen LogP contribution in [-0.2, 0) is 4.74 Å². The Morgan fingerprint density at radius 3 is 2.03 bits per heavy atom. The Kier molecular flexibility index (Phi) is 7.69. The van der Waals surface area contributed by atoms with E-state index in [4.69, 9.17) is 19.2 Å². The highest BCUT2D eigenvalue weighted by Crippen LogP contribution is 2.37. The molecule has 1 aliphatic heterocycles. The van der Waals surface area contributed by atoms with Crippen LogP contribution in [0.3, 0.4) is 0 Å². The molecule has 9 heteroatoms. The van der Waals surface area contributed by atoms with Gasteiger partial charge in [0.25, 0.3) is 0 Å². The van der Waals surface area contributed by atoms with E-state index < -0.39 is 37.3 Å². The lowest BCUT2D eigenvalue weighted by Gasteiger charge is -2.39. The van der Waals surface area contributed by atoms with Gasteiger partial charge in [0.2, 0.25) is 6.29 Å². The third kappa shape index (κ3) is 5.40. The first-order valence-electron chi connectivity index (χ1n) is 12.7. The molecular weight excluding hydrogens is 500 g/mol. The average Bonchev–Trinajstić information content (AvgIpc) is 3.39. The summed E-state index contributed by atoms with van der Waals surface area (Å²) in [7, 11) is 1.48. The van der Waals surface area contributed by atoms with Gasteiger partial charge in [-0.15, -0.1) is 0 Å². The molecule has 9 nitrogen and oxygen atoms in total. The molecule has 0 spiro atoms. The number of nitrogens with one attached hydrogen (secondary N) is 1. The highest BCUT2D eigenvalue weighted by molar-refractivity contribution is 5.81. The number of hydrogen-bond acceptors (Lipinski definition) is 8. The quantitative estimate of drug-likeness (QED) is 0.245. The lowest BCUT2D eigenvalue weighted by molar-refractivity contribution is -0.277. The van der Waals surface area contributed by atoms with E-state index in [1.165, 1.54) is 7.11 Å². The molecule has 1 aromatic heterocycles. The van der Waals surface area contributed by atoms with Gasteiger partial charge in [-0.05, 0) is 32.0 Å². The number of nitrogens with zero attached hydrogens (tertiary/aromatic N) is 1. The Labute approximate surface area is 226 Å². The Bertz CT molecular complexity index is 1350. The van der Waals surface area contributed by atoms with Crippen molar-refractivity contribution in [3.8, 4) is 45.4 Å². The Hall–Kier alpha value is -3.73. The molecule has 0 unspecified atom stereocenters. The zero-order chi connectivity index (χ0) is 27.7. The molecule has 1 saturated heterocycles. The average molecular weight is 533 g/mol. The first-order valence-corrected chi connectivity index (χ1v) is 12.7. The maximum absolute atomic E-state index is 10.4. The predicted octanol–water partition coefficient (Wildman–Crippen LogP) is 3.21. The van der Waals surface area contributed by atoms with E-state index in [-0.39, 0.29) is 5.75 Å². The number of hydrogen-bond donors (Lipinski definition) is 5. The summed E-state index contributed by atoms with van der Waals surface area (Å²) in [6.45, 7) is 3.54. The first-order chi connectivity index (χ1) is 18.8. The van der Waals surface area contributed by atoms with Crippen LogP contribution in [0.1, 0.15) is 11.1 Å². The van der Waals surface area contributed by atoms with Gasteiger partial charge in [0.05, 0.1) is 25.1 Å². The van der Waals surface area contributed by atoms with Crippen molar-refractivity contribution in [1.82, 2.24) is 9.97 Å². The third-order valence-corrected chi connectivity index (χ3v) is 6.90. The summed E-state index contributed by atoms with van der Waals surface area (Å²) in [6.07, 6.45) is -6.97. The zero-order valence-corrected chi connectivity index (χ0v) is 21.9. The second-order valence-corrected chi connectivity index (χ2v) is 9.72. The molecule has 2 heterocycles. The number of methoxy groups -OCH3 is 1. The molecule has 1 aliphatic rings. The zero-order valence-electron chi connectivity index (χ0n) is 21.9. The summed E-state index contributed by atoms with van der Waals surface area (Å²) in [5, 5.41) is 40.0. The highest BCUT2D eigenvalue weighted by Gasteiger charge is 2.45. The second kappa shape index (κ2) is 11.2. The molecule has 5 atom stereocenters. The number of rotatable bonds is 7. The van der Waals surface area contributed by atoms with Gasteiger partial charge in [-0.1, -0.05) is 59.7 Å². The van der Waals surface area contributed by atoms with Crippen LogP contribution in [0.2, 0.25) is 0 Å². The van der Waals surface area contributed by atoms with Gasteiger partial charge < -0.3 is 39.6 Å². The number of ether oxygens (including phenoxy) is 3. The van der Waals surface area contributed by atoms with E-state index in [0.29, 0.717) is 11.6 Å². The van der Waals surface area contributed by atoms with E-state index in [1.807, 2.05) is 26.0 Å². The maximum atomic E-state index is 10.4. The van der Waals surface area contributed by atoms with E-state index in [2.05, 4.69) is 41.4 Å².